The van der Waals surface area contributed by atoms with Crippen LogP contribution in [0.4, 0.5) is 0 Å². The Morgan fingerprint density at radius 2 is 2.29 bits per heavy atom. The van der Waals surface area contributed by atoms with Crippen molar-refractivity contribution in [2.45, 2.75) is 0 Å². The van der Waals surface area contributed by atoms with Crippen LogP contribution in [0.15, 0.2) is 24.4 Å². The first-order valence-corrected chi connectivity index (χ1v) is 4.92. The normalized spacial score (nSPS) is 22.1. The van der Waals surface area contributed by atoms with Gasteiger partial charge in [0.15, 0.2) is 0 Å². The van der Waals surface area contributed by atoms with E-state index >= 15 is 0 Å². The van der Waals surface area contributed by atoms with Gasteiger partial charge >= 0.3 is 5.97 Å². The summed E-state index contributed by atoms with van der Waals surface area (Å²) in [5.41, 5.74) is 5.13. The van der Waals surface area contributed by atoms with E-state index < -0.39 is 23.6 Å². The fourth-order valence-electron chi connectivity index (χ4n) is 1.32. The van der Waals surface area contributed by atoms with Gasteiger partial charge in [-0.2, -0.15) is 0 Å². The molecule has 0 aromatic rings. The van der Waals surface area contributed by atoms with Gasteiger partial charge in [0.05, 0.1) is 0 Å². The lowest BCUT2D eigenvalue weighted by Crippen LogP contribution is -2.47. The van der Waals surface area contributed by atoms with Crippen molar-refractivity contribution < 1.29 is 19.5 Å². The molecule has 0 saturated carbocycles. The van der Waals surface area contributed by atoms with E-state index in [-0.39, 0.29) is 12.1 Å². The Labute approximate surface area is 97.5 Å². The van der Waals surface area contributed by atoms with Crippen LogP contribution in [0.1, 0.15) is 0 Å². The zero-order valence-electron chi connectivity index (χ0n) is 9.03. The molecule has 1 fully saturated rings. The van der Waals surface area contributed by atoms with Crippen molar-refractivity contribution in [3.63, 3.8) is 0 Å². The Bertz CT molecular complexity index is 389. The minimum atomic E-state index is -1.16. The van der Waals surface area contributed by atoms with E-state index in [9.17, 15) is 14.4 Å². The number of hydrogen-bond acceptors (Lipinski definition) is 5. The lowest BCUT2D eigenvalue weighted by Gasteiger charge is -2.21. The van der Waals surface area contributed by atoms with Crippen molar-refractivity contribution in [2.24, 2.45) is 5.92 Å². The minimum absolute atomic E-state index is 0.0715. The molecule has 1 aliphatic rings. The molecule has 0 aromatic heterocycles. The predicted octanol–water partition coefficient (Wildman–Crippen LogP) is -1.45. The molecule has 0 aromatic carbocycles. The summed E-state index contributed by atoms with van der Waals surface area (Å²) in [6, 6.07) is 0. The van der Waals surface area contributed by atoms with Gasteiger partial charge in [-0.3, -0.25) is 14.4 Å². The second-order valence-electron chi connectivity index (χ2n) is 3.34. The topological polar surface area (TPSA) is 108 Å². The predicted molar refractivity (Wildman–Crippen MR) is 58.6 cm³/mol. The average molecular weight is 239 g/mol. The molecule has 7 nitrogen and oxygen atoms in total. The van der Waals surface area contributed by atoms with Gasteiger partial charge in [0, 0.05) is 24.9 Å². The first-order valence-electron chi connectivity index (χ1n) is 4.92. The number of aliphatic carboxylic acids is 1. The number of rotatable bonds is 5. The molecule has 0 spiro atoms. The summed E-state index contributed by atoms with van der Waals surface area (Å²) in [4.78, 5) is 33.5. The quantitative estimate of drug-likeness (QED) is 0.154. The lowest BCUT2D eigenvalue weighted by atomic mass is 9.92. The number of Topliss-reactive ketones (excluding diaryl/α,β-unsaturated/α-hetero) is 1. The van der Waals surface area contributed by atoms with Gasteiger partial charge in [-0.25, -0.2) is 5.43 Å². The van der Waals surface area contributed by atoms with Crippen LogP contribution in [0.5, 0.6) is 0 Å². The number of carbonyl (C=O) groups is 3. The Balaban J connectivity index is 2.79. The van der Waals surface area contributed by atoms with Crippen LogP contribution >= 0.6 is 0 Å². The summed E-state index contributed by atoms with van der Waals surface area (Å²) in [5.74, 6) is -3.82. The first-order chi connectivity index (χ1) is 8.07. The molecule has 7 heteroatoms. The van der Waals surface area contributed by atoms with Crippen LogP contribution in [0.3, 0.4) is 0 Å². The Morgan fingerprint density at radius 1 is 1.59 bits per heavy atom. The van der Waals surface area contributed by atoms with E-state index in [1.165, 1.54) is 6.20 Å². The maximum absolute atomic E-state index is 11.5. The Hall–Kier alpha value is -2.15. The summed E-state index contributed by atoms with van der Waals surface area (Å²) in [7, 11) is 0. The second-order valence-corrected chi connectivity index (χ2v) is 3.34. The zero-order chi connectivity index (χ0) is 12.8. The molecule has 1 atom stereocenters. The zero-order valence-corrected chi connectivity index (χ0v) is 9.03. The summed E-state index contributed by atoms with van der Waals surface area (Å²) in [5, 5.41) is 11.1. The van der Waals surface area contributed by atoms with E-state index in [0.29, 0.717) is 6.54 Å². The van der Waals surface area contributed by atoms with Gasteiger partial charge in [-0.15, -0.1) is 6.58 Å². The third kappa shape index (κ3) is 3.15. The standard InChI is InChI=1S/C10H13N3O4/c1-2-3-12-13-5-6-7(10(16)17)4-11-9(15)8(6)14/h2,5,7,12-13H,1,3-4H2,(H,11,15)(H,16,17). The first kappa shape index (κ1) is 12.9. The van der Waals surface area contributed by atoms with Crippen molar-refractivity contribution in [1.82, 2.24) is 16.2 Å². The maximum Gasteiger partial charge on any atom is 0.312 e. The molecule has 0 aliphatic carbocycles. The third-order valence-electron chi connectivity index (χ3n) is 2.18. The number of hydrazine groups is 1. The SMILES string of the molecule is C=CCNNC=C1C(=O)C(=O)NCC1C(=O)O. The fourth-order valence-corrected chi connectivity index (χ4v) is 1.32. The van der Waals surface area contributed by atoms with Crippen molar-refractivity contribution in [3.8, 4) is 0 Å². The average Bonchev–Trinajstić information content (AvgIpc) is 2.29. The molecule has 17 heavy (non-hydrogen) atoms. The van der Waals surface area contributed by atoms with E-state index in [1.54, 1.807) is 6.08 Å². The molecule has 92 valence electrons. The molecule has 4 N–H and O–H groups in total. The van der Waals surface area contributed by atoms with Gasteiger partial charge in [0.1, 0.15) is 5.92 Å². The summed E-state index contributed by atoms with van der Waals surface area (Å²) in [6.07, 6.45) is 2.78. The van der Waals surface area contributed by atoms with E-state index in [2.05, 4.69) is 22.7 Å². The number of nitrogens with one attached hydrogen (secondary N) is 3. The number of amides is 1. The largest absolute Gasteiger partial charge is 0.481 e. The highest BCUT2D eigenvalue weighted by molar-refractivity contribution is 6.44. The van der Waals surface area contributed by atoms with Crippen LogP contribution in [0.2, 0.25) is 0 Å². The summed E-state index contributed by atoms with van der Waals surface area (Å²) < 4.78 is 0. The van der Waals surface area contributed by atoms with Gasteiger partial charge in [-0.1, -0.05) is 6.08 Å². The Morgan fingerprint density at radius 3 is 2.88 bits per heavy atom. The van der Waals surface area contributed by atoms with Crippen molar-refractivity contribution in [1.29, 1.82) is 0 Å². The summed E-state index contributed by atoms with van der Waals surface area (Å²) >= 11 is 0. The smallest absolute Gasteiger partial charge is 0.312 e. The van der Waals surface area contributed by atoms with Crippen LogP contribution in [-0.2, 0) is 14.4 Å². The van der Waals surface area contributed by atoms with Crippen LogP contribution in [0, 0.1) is 5.92 Å². The molecule has 1 heterocycles. The summed E-state index contributed by atoms with van der Waals surface area (Å²) in [6.45, 7) is 3.81. The van der Waals surface area contributed by atoms with Crippen molar-refractivity contribution >= 4 is 17.7 Å². The molecule has 0 bridgehead atoms. The lowest BCUT2D eigenvalue weighted by molar-refractivity contribution is -0.144. The van der Waals surface area contributed by atoms with Crippen molar-refractivity contribution in [3.05, 3.63) is 24.4 Å². The van der Waals surface area contributed by atoms with Crippen LogP contribution < -0.4 is 16.2 Å². The molecule has 1 unspecified atom stereocenters. The number of piperidine rings is 1. The van der Waals surface area contributed by atoms with Crippen LogP contribution in [0.25, 0.3) is 0 Å². The number of carboxylic acids is 1. The monoisotopic (exact) mass is 239 g/mol. The maximum atomic E-state index is 11.5. The van der Waals surface area contributed by atoms with Crippen molar-refractivity contribution in [2.75, 3.05) is 13.1 Å². The third-order valence-corrected chi connectivity index (χ3v) is 2.18. The molecule has 1 amide bonds. The highest BCUT2D eigenvalue weighted by Crippen LogP contribution is 2.15. The number of hydrogen-bond donors (Lipinski definition) is 4. The number of carbonyl (C=O) groups excluding carboxylic acids is 2. The number of carboxylic acid groups (broad SMARTS) is 1. The molecular formula is C10H13N3O4. The fraction of sp³-hybridized carbons (Fsp3) is 0.300. The van der Waals surface area contributed by atoms with Gasteiger partial charge < -0.3 is 15.8 Å². The van der Waals surface area contributed by atoms with Gasteiger partial charge in [0.2, 0.25) is 5.78 Å². The van der Waals surface area contributed by atoms with Gasteiger partial charge in [-0.05, 0) is 0 Å². The molecule has 0 radical (unpaired) electrons. The van der Waals surface area contributed by atoms with E-state index in [4.69, 9.17) is 5.11 Å². The molecule has 1 aliphatic heterocycles. The van der Waals surface area contributed by atoms with E-state index in [1.807, 2.05) is 0 Å². The highest BCUT2D eigenvalue weighted by atomic mass is 16.4. The second kappa shape index (κ2) is 5.80. The van der Waals surface area contributed by atoms with Crippen LogP contribution in [-0.4, -0.2) is 35.9 Å². The minimum Gasteiger partial charge on any atom is -0.481 e. The molecular weight excluding hydrogens is 226 g/mol. The Kier molecular flexibility index (Phi) is 4.41. The highest BCUT2D eigenvalue weighted by Gasteiger charge is 2.36. The number of ketones is 1. The molecule has 1 rings (SSSR count). The molecule has 1 saturated heterocycles. The van der Waals surface area contributed by atoms with E-state index in [0.717, 1.165) is 0 Å². The van der Waals surface area contributed by atoms with Gasteiger partial charge in [0.25, 0.3) is 5.91 Å².